The molecule has 1 aliphatic rings. The van der Waals surface area contributed by atoms with Crippen molar-refractivity contribution in [3.05, 3.63) is 48.3 Å². The molecular formula is C21H28N4O2. The molecule has 1 amide bonds. The van der Waals surface area contributed by atoms with Gasteiger partial charge in [0, 0.05) is 38.6 Å². The summed E-state index contributed by atoms with van der Waals surface area (Å²) < 4.78 is 5.75. The summed E-state index contributed by atoms with van der Waals surface area (Å²) in [7, 11) is 0. The molecule has 0 radical (unpaired) electrons. The Labute approximate surface area is 161 Å². The molecule has 144 valence electrons. The molecule has 0 N–H and O–H groups in total. The van der Waals surface area contributed by atoms with Crippen molar-refractivity contribution < 1.29 is 9.53 Å². The van der Waals surface area contributed by atoms with Crippen molar-refractivity contribution in [2.24, 2.45) is 0 Å². The quantitative estimate of drug-likeness (QED) is 0.812. The smallest absolute Gasteiger partial charge is 0.226 e. The Morgan fingerprint density at radius 3 is 2.26 bits per heavy atom. The summed E-state index contributed by atoms with van der Waals surface area (Å²) in [5.74, 6) is 1.67. The summed E-state index contributed by atoms with van der Waals surface area (Å²) in [6.45, 7) is 9.85. The van der Waals surface area contributed by atoms with Crippen LogP contribution in [0.4, 0.5) is 5.95 Å². The second-order valence-corrected chi connectivity index (χ2v) is 7.79. The topological polar surface area (TPSA) is 58.6 Å². The lowest BCUT2D eigenvalue weighted by Gasteiger charge is -2.34. The number of piperazine rings is 1. The lowest BCUT2D eigenvalue weighted by Crippen LogP contribution is -2.49. The summed E-state index contributed by atoms with van der Waals surface area (Å²) >= 11 is 0. The van der Waals surface area contributed by atoms with E-state index in [1.807, 2.05) is 17.0 Å². The minimum atomic E-state index is 0.126. The van der Waals surface area contributed by atoms with Crippen LogP contribution in [0.5, 0.6) is 5.75 Å². The summed E-state index contributed by atoms with van der Waals surface area (Å²) in [4.78, 5) is 25.0. The first-order valence-corrected chi connectivity index (χ1v) is 9.46. The van der Waals surface area contributed by atoms with Crippen LogP contribution < -0.4 is 9.64 Å². The van der Waals surface area contributed by atoms with E-state index in [9.17, 15) is 4.79 Å². The predicted octanol–water partition coefficient (Wildman–Crippen LogP) is 2.89. The maximum atomic E-state index is 12.4. The molecule has 1 aromatic heterocycles. The lowest BCUT2D eigenvalue weighted by molar-refractivity contribution is -0.132. The number of aromatic nitrogens is 2. The van der Waals surface area contributed by atoms with Crippen molar-refractivity contribution in [2.45, 2.75) is 32.6 Å². The van der Waals surface area contributed by atoms with Crippen molar-refractivity contribution in [1.82, 2.24) is 14.9 Å². The number of carbonyl (C=O) groups is 1. The molecule has 2 aromatic rings. The first-order chi connectivity index (χ1) is 12.9. The van der Waals surface area contributed by atoms with Gasteiger partial charge >= 0.3 is 0 Å². The molecule has 0 atom stereocenters. The number of anilines is 1. The molecule has 2 heterocycles. The van der Waals surface area contributed by atoms with Gasteiger partial charge in [0.2, 0.25) is 11.9 Å². The zero-order valence-corrected chi connectivity index (χ0v) is 16.4. The average molecular weight is 368 g/mol. The third-order valence-electron chi connectivity index (χ3n) is 4.77. The Kier molecular flexibility index (Phi) is 5.94. The highest BCUT2D eigenvalue weighted by Gasteiger charge is 2.22. The van der Waals surface area contributed by atoms with Crippen LogP contribution in [0.1, 0.15) is 32.8 Å². The van der Waals surface area contributed by atoms with Crippen LogP contribution in [-0.4, -0.2) is 53.6 Å². The molecule has 0 aliphatic carbocycles. The van der Waals surface area contributed by atoms with Crippen molar-refractivity contribution in [2.75, 3.05) is 37.7 Å². The fraction of sp³-hybridized carbons (Fsp3) is 0.476. The van der Waals surface area contributed by atoms with Gasteiger partial charge in [0.1, 0.15) is 5.75 Å². The van der Waals surface area contributed by atoms with Crippen LogP contribution in [0.15, 0.2) is 42.7 Å². The van der Waals surface area contributed by atoms with Crippen molar-refractivity contribution in [1.29, 1.82) is 0 Å². The molecule has 0 saturated carbocycles. The summed E-state index contributed by atoms with van der Waals surface area (Å²) in [6, 6.07) is 9.93. The number of rotatable bonds is 5. The summed E-state index contributed by atoms with van der Waals surface area (Å²) in [6.07, 6.45) is 3.87. The number of nitrogens with zero attached hydrogens (tertiary/aromatic N) is 4. The lowest BCUT2D eigenvalue weighted by atomic mass is 9.87. The molecule has 6 heteroatoms. The van der Waals surface area contributed by atoms with Crippen LogP contribution in [0.25, 0.3) is 0 Å². The summed E-state index contributed by atoms with van der Waals surface area (Å²) in [5, 5.41) is 0. The molecule has 1 fully saturated rings. The monoisotopic (exact) mass is 368 g/mol. The average Bonchev–Trinajstić information content (AvgIpc) is 2.68. The fourth-order valence-corrected chi connectivity index (χ4v) is 3.08. The number of hydrogen-bond donors (Lipinski definition) is 0. The van der Waals surface area contributed by atoms with E-state index in [1.165, 1.54) is 5.56 Å². The number of benzene rings is 1. The van der Waals surface area contributed by atoms with E-state index in [2.05, 4.69) is 47.8 Å². The first kappa shape index (κ1) is 19.1. The molecule has 0 spiro atoms. The SMILES string of the molecule is CC(C)(C)c1ccc(OCCC(=O)N2CCN(c3ncccn3)CC2)cc1. The molecule has 6 nitrogen and oxygen atoms in total. The minimum absolute atomic E-state index is 0.126. The van der Waals surface area contributed by atoms with Gasteiger partial charge in [-0.05, 0) is 29.2 Å². The van der Waals surface area contributed by atoms with Crippen molar-refractivity contribution in [3.63, 3.8) is 0 Å². The van der Waals surface area contributed by atoms with E-state index < -0.39 is 0 Å². The van der Waals surface area contributed by atoms with Crippen LogP contribution in [0.3, 0.4) is 0 Å². The minimum Gasteiger partial charge on any atom is -0.493 e. The number of amides is 1. The maximum absolute atomic E-state index is 12.4. The first-order valence-electron chi connectivity index (χ1n) is 9.46. The number of carbonyl (C=O) groups excluding carboxylic acids is 1. The molecule has 0 unspecified atom stereocenters. The fourth-order valence-electron chi connectivity index (χ4n) is 3.08. The van der Waals surface area contributed by atoms with E-state index in [0.717, 1.165) is 24.8 Å². The van der Waals surface area contributed by atoms with E-state index in [1.54, 1.807) is 18.5 Å². The van der Waals surface area contributed by atoms with Crippen molar-refractivity contribution in [3.8, 4) is 5.75 Å². The number of ether oxygens (including phenoxy) is 1. The zero-order chi connectivity index (χ0) is 19.3. The third-order valence-corrected chi connectivity index (χ3v) is 4.77. The molecular weight excluding hydrogens is 340 g/mol. The van der Waals surface area contributed by atoms with Gasteiger partial charge in [-0.3, -0.25) is 4.79 Å². The molecule has 1 aromatic carbocycles. The van der Waals surface area contributed by atoms with E-state index in [4.69, 9.17) is 4.74 Å². The Balaban J connectivity index is 1.41. The van der Waals surface area contributed by atoms with Crippen molar-refractivity contribution >= 4 is 11.9 Å². The Bertz CT molecular complexity index is 733. The Hall–Kier alpha value is -2.63. The van der Waals surface area contributed by atoms with Gasteiger partial charge in [0.25, 0.3) is 0 Å². The van der Waals surface area contributed by atoms with E-state index in [-0.39, 0.29) is 11.3 Å². The second kappa shape index (κ2) is 8.37. The Morgan fingerprint density at radius 2 is 1.67 bits per heavy atom. The van der Waals surface area contributed by atoms with Gasteiger partial charge in [0.15, 0.2) is 0 Å². The molecule has 0 bridgehead atoms. The van der Waals surface area contributed by atoms with Gasteiger partial charge in [-0.2, -0.15) is 0 Å². The van der Waals surface area contributed by atoms with Crippen LogP contribution in [0.2, 0.25) is 0 Å². The normalized spacial score (nSPS) is 14.9. The largest absolute Gasteiger partial charge is 0.493 e. The van der Waals surface area contributed by atoms with E-state index >= 15 is 0 Å². The van der Waals surface area contributed by atoms with Gasteiger partial charge in [0.05, 0.1) is 13.0 Å². The van der Waals surface area contributed by atoms with Gasteiger partial charge in [-0.15, -0.1) is 0 Å². The van der Waals surface area contributed by atoms with Crippen LogP contribution in [0, 0.1) is 0 Å². The van der Waals surface area contributed by atoms with Crippen LogP contribution in [-0.2, 0) is 10.2 Å². The van der Waals surface area contributed by atoms with Crippen LogP contribution >= 0.6 is 0 Å². The Morgan fingerprint density at radius 1 is 1.04 bits per heavy atom. The summed E-state index contributed by atoms with van der Waals surface area (Å²) in [5.41, 5.74) is 1.40. The van der Waals surface area contributed by atoms with Gasteiger partial charge < -0.3 is 14.5 Å². The number of hydrogen-bond acceptors (Lipinski definition) is 5. The maximum Gasteiger partial charge on any atom is 0.226 e. The molecule has 3 rings (SSSR count). The second-order valence-electron chi connectivity index (χ2n) is 7.79. The van der Waals surface area contributed by atoms with Gasteiger partial charge in [-0.1, -0.05) is 32.9 Å². The highest BCUT2D eigenvalue weighted by Crippen LogP contribution is 2.24. The predicted molar refractivity (Wildman–Crippen MR) is 106 cm³/mol. The molecule has 1 saturated heterocycles. The molecule has 1 aliphatic heterocycles. The highest BCUT2D eigenvalue weighted by atomic mass is 16.5. The van der Waals surface area contributed by atoms with E-state index in [0.29, 0.717) is 26.1 Å². The highest BCUT2D eigenvalue weighted by molar-refractivity contribution is 5.76. The third kappa shape index (κ3) is 5.18. The zero-order valence-electron chi connectivity index (χ0n) is 16.4. The molecule has 27 heavy (non-hydrogen) atoms. The van der Waals surface area contributed by atoms with Gasteiger partial charge in [-0.25, -0.2) is 9.97 Å². The standard InChI is InChI=1S/C21H28N4O2/c1-21(2,3)17-5-7-18(8-6-17)27-16-9-19(26)24-12-14-25(15-13-24)20-22-10-4-11-23-20/h4-8,10-11H,9,12-16H2,1-3H3.